The maximum absolute atomic E-state index is 2.48. The first-order valence-corrected chi connectivity index (χ1v) is 25.3. The van der Waals surface area contributed by atoms with Crippen molar-refractivity contribution in [1.29, 1.82) is 0 Å². The van der Waals surface area contributed by atoms with E-state index < -0.39 is 0 Å². The molecule has 1 atom stereocenters. The number of benzene rings is 10. The number of fused-ring (bicyclic) bond motifs is 7. The van der Waals surface area contributed by atoms with Crippen molar-refractivity contribution in [2.75, 3.05) is 4.90 Å². The van der Waals surface area contributed by atoms with Crippen molar-refractivity contribution in [3.63, 3.8) is 0 Å². The molecule has 0 radical (unpaired) electrons. The highest BCUT2D eigenvalue weighted by Gasteiger charge is 2.40. The second-order valence-electron chi connectivity index (χ2n) is 19.1. The van der Waals surface area contributed by atoms with Crippen molar-refractivity contribution < 1.29 is 0 Å². The molecule has 0 amide bonds. The fourth-order valence-corrected chi connectivity index (χ4v) is 13.2. The van der Waals surface area contributed by atoms with Gasteiger partial charge in [-0.25, -0.2) is 0 Å². The average Bonchev–Trinajstić information content (AvgIpc) is 3.92. The van der Waals surface area contributed by atoms with Gasteiger partial charge in [-0.05, 0) is 140 Å². The van der Waals surface area contributed by atoms with E-state index in [0.717, 1.165) is 11.4 Å². The average molecular weight is 890 g/mol. The van der Waals surface area contributed by atoms with Gasteiger partial charge in [-0.1, -0.05) is 201 Å². The molecule has 2 heteroatoms. The highest BCUT2D eigenvalue weighted by atomic mass is 32.1. The lowest BCUT2D eigenvalue weighted by Gasteiger charge is -2.29. The number of hydrogen-bond acceptors (Lipinski definition) is 2. The molecule has 2 aliphatic carbocycles. The fraction of sp³-hybridized carbons (Fsp3) is 0.121. The first-order valence-electron chi connectivity index (χ1n) is 24.4. The van der Waals surface area contributed by atoms with E-state index in [1.165, 1.54) is 135 Å². The zero-order chi connectivity index (χ0) is 45.2. The van der Waals surface area contributed by atoms with Gasteiger partial charge in [0, 0.05) is 42.5 Å². The number of thiophene rings is 1. The van der Waals surface area contributed by atoms with E-state index in [9.17, 15) is 0 Å². The molecule has 0 spiro atoms. The van der Waals surface area contributed by atoms with Gasteiger partial charge in [0.2, 0.25) is 0 Å². The standard InChI is InChI=1S/C66H51NS/c1-66(49-21-6-3-7-22-49)60-30-11-8-23-54(60)55-42-37-48(43-61(55)66)44-33-38-50(39-34-44)67(51-40-35-46(36-41-51)53-27-16-29-59-57-25-10-13-32-63(57)68-65(53)59)62-31-12-9-24-56(62)58-28-15-20-47-19-14-26-52(64(47)58)45-17-4-2-5-18-45/h3,6-16,19-43,45H,2,4-5,17-18H2,1H3. The maximum Gasteiger partial charge on any atom is 0.0540 e. The Labute approximate surface area is 403 Å². The van der Waals surface area contributed by atoms with Crippen LogP contribution in [0, 0.1) is 0 Å². The quantitative estimate of drug-likeness (QED) is 0.147. The van der Waals surface area contributed by atoms with Crippen LogP contribution in [0.25, 0.3) is 75.5 Å². The van der Waals surface area contributed by atoms with Crippen molar-refractivity contribution in [3.8, 4) is 44.5 Å². The molecule has 1 nitrogen and oxygen atoms in total. The van der Waals surface area contributed by atoms with Crippen molar-refractivity contribution in [3.05, 3.63) is 247 Å². The lowest BCUT2D eigenvalue weighted by atomic mass is 9.74. The minimum absolute atomic E-state index is 0.253. The molecule has 0 saturated heterocycles. The van der Waals surface area contributed by atoms with Gasteiger partial charge < -0.3 is 4.90 Å². The van der Waals surface area contributed by atoms with E-state index in [1.54, 1.807) is 0 Å². The Morgan fingerprint density at radius 3 is 1.85 bits per heavy atom. The summed E-state index contributed by atoms with van der Waals surface area (Å²) in [7, 11) is 0. The summed E-state index contributed by atoms with van der Waals surface area (Å²) in [5, 5.41) is 5.37. The predicted octanol–water partition coefficient (Wildman–Crippen LogP) is 19.1. The summed E-state index contributed by atoms with van der Waals surface area (Å²) in [5.41, 5.74) is 18.8. The summed E-state index contributed by atoms with van der Waals surface area (Å²) in [5.74, 6) is 0.585. The molecule has 0 bridgehead atoms. The van der Waals surface area contributed by atoms with Crippen LogP contribution in [0.15, 0.2) is 224 Å². The van der Waals surface area contributed by atoms with Gasteiger partial charge in [0.1, 0.15) is 0 Å². The zero-order valence-corrected chi connectivity index (χ0v) is 39.1. The lowest BCUT2D eigenvalue weighted by molar-refractivity contribution is 0.445. The summed E-state index contributed by atoms with van der Waals surface area (Å²) >= 11 is 1.89. The number of para-hydroxylation sites is 1. The Balaban J connectivity index is 0.947. The van der Waals surface area contributed by atoms with Crippen LogP contribution in [0.2, 0.25) is 0 Å². The van der Waals surface area contributed by atoms with E-state index >= 15 is 0 Å². The normalized spacial score (nSPS) is 15.7. The third kappa shape index (κ3) is 6.65. The summed E-state index contributed by atoms with van der Waals surface area (Å²) in [4.78, 5) is 2.48. The molecule has 0 N–H and O–H groups in total. The summed E-state index contributed by atoms with van der Waals surface area (Å²) < 4.78 is 2.66. The molecule has 13 rings (SSSR count). The van der Waals surface area contributed by atoms with Crippen molar-refractivity contribution >= 4 is 59.3 Å². The molecular weight excluding hydrogens is 839 g/mol. The highest BCUT2D eigenvalue weighted by molar-refractivity contribution is 7.26. The van der Waals surface area contributed by atoms with Crippen molar-refractivity contribution in [2.45, 2.75) is 50.4 Å². The van der Waals surface area contributed by atoms with E-state index in [2.05, 4.69) is 236 Å². The smallest absolute Gasteiger partial charge is 0.0540 e. The molecule has 1 unspecified atom stereocenters. The van der Waals surface area contributed by atoms with E-state index in [4.69, 9.17) is 0 Å². The molecule has 326 valence electrons. The minimum Gasteiger partial charge on any atom is -0.310 e. The van der Waals surface area contributed by atoms with Gasteiger partial charge in [0.15, 0.2) is 0 Å². The summed E-state index contributed by atoms with van der Waals surface area (Å²) in [6.45, 7) is 2.40. The van der Waals surface area contributed by atoms with Crippen LogP contribution in [0.5, 0.6) is 0 Å². The Kier molecular flexibility index (Phi) is 9.98. The van der Waals surface area contributed by atoms with Gasteiger partial charge in [-0.15, -0.1) is 11.3 Å². The second-order valence-corrected chi connectivity index (χ2v) is 20.2. The first kappa shape index (κ1) is 40.7. The van der Waals surface area contributed by atoms with E-state index in [1.807, 2.05) is 11.3 Å². The molecule has 1 fully saturated rings. The molecule has 2 aliphatic rings. The Morgan fingerprint density at radius 2 is 1.04 bits per heavy atom. The van der Waals surface area contributed by atoms with Crippen LogP contribution in [-0.2, 0) is 5.41 Å². The van der Waals surface area contributed by atoms with E-state index in [0.29, 0.717) is 5.92 Å². The summed E-state index contributed by atoms with van der Waals surface area (Å²) in [6, 6.07) is 84.2. The zero-order valence-electron chi connectivity index (χ0n) is 38.3. The largest absolute Gasteiger partial charge is 0.310 e. The monoisotopic (exact) mass is 889 g/mol. The molecule has 1 heterocycles. The predicted molar refractivity (Wildman–Crippen MR) is 291 cm³/mol. The third-order valence-electron chi connectivity index (χ3n) is 15.4. The Morgan fingerprint density at radius 1 is 0.441 bits per heavy atom. The van der Waals surface area contributed by atoms with Crippen molar-refractivity contribution in [1.82, 2.24) is 0 Å². The van der Waals surface area contributed by atoms with Gasteiger partial charge in [0.25, 0.3) is 0 Å². The number of nitrogens with zero attached hydrogens (tertiary/aromatic N) is 1. The highest BCUT2D eigenvalue weighted by Crippen LogP contribution is 2.54. The van der Waals surface area contributed by atoms with Crippen LogP contribution in [0.4, 0.5) is 17.1 Å². The minimum atomic E-state index is -0.253. The van der Waals surface area contributed by atoms with Gasteiger partial charge in [-0.2, -0.15) is 0 Å². The number of hydrogen-bond donors (Lipinski definition) is 0. The Bertz CT molecular complexity index is 3660. The molecule has 10 aromatic carbocycles. The van der Waals surface area contributed by atoms with Gasteiger partial charge in [-0.3, -0.25) is 0 Å². The van der Waals surface area contributed by atoms with Crippen LogP contribution < -0.4 is 4.90 Å². The number of anilines is 3. The molecule has 68 heavy (non-hydrogen) atoms. The maximum atomic E-state index is 2.48. The lowest BCUT2D eigenvalue weighted by Crippen LogP contribution is -2.22. The van der Waals surface area contributed by atoms with E-state index in [-0.39, 0.29) is 5.41 Å². The SMILES string of the molecule is CC1(c2ccccc2)c2ccccc2-c2ccc(-c3ccc(N(c4ccc(-c5cccc6c5sc5ccccc56)cc4)c4ccccc4-c4cccc5cccc(C6CCCCC6)c45)cc3)cc21. The Hall–Kier alpha value is -7.52. The number of rotatable bonds is 8. The van der Waals surface area contributed by atoms with Gasteiger partial charge in [0.05, 0.1) is 5.69 Å². The second kappa shape index (κ2) is 16.7. The molecular formula is C66H51NS. The molecule has 1 saturated carbocycles. The van der Waals surface area contributed by atoms with Crippen molar-refractivity contribution in [2.24, 2.45) is 0 Å². The summed E-state index contributed by atoms with van der Waals surface area (Å²) in [6.07, 6.45) is 6.48. The van der Waals surface area contributed by atoms with Crippen LogP contribution in [0.3, 0.4) is 0 Å². The first-order chi connectivity index (χ1) is 33.6. The molecule has 0 aliphatic heterocycles. The fourth-order valence-electron chi connectivity index (χ4n) is 12.0. The van der Waals surface area contributed by atoms with Crippen LogP contribution >= 0.6 is 11.3 Å². The van der Waals surface area contributed by atoms with Crippen LogP contribution in [0.1, 0.15) is 67.2 Å². The molecule has 1 aromatic heterocycles. The van der Waals surface area contributed by atoms with Crippen LogP contribution in [-0.4, -0.2) is 0 Å². The molecule has 11 aromatic rings. The van der Waals surface area contributed by atoms with Gasteiger partial charge >= 0.3 is 0 Å². The topological polar surface area (TPSA) is 3.24 Å². The third-order valence-corrected chi connectivity index (χ3v) is 16.6.